The normalized spacial score (nSPS) is 18.3. The predicted molar refractivity (Wildman–Crippen MR) is 46.5 cm³/mol. The third-order valence-electron chi connectivity index (χ3n) is 1.28. The van der Waals surface area contributed by atoms with Gasteiger partial charge in [-0.25, -0.2) is 0 Å². The SMILES string of the molecule is CC(C)C[Si](C)(N)O[SiH3]. The van der Waals surface area contributed by atoms with Gasteiger partial charge in [0.1, 0.15) is 10.5 Å². The van der Waals surface area contributed by atoms with Crippen LogP contribution < -0.4 is 5.40 Å². The van der Waals surface area contributed by atoms with Crippen molar-refractivity contribution in [2.45, 2.75) is 26.4 Å². The van der Waals surface area contributed by atoms with Crippen molar-refractivity contribution in [3.05, 3.63) is 0 Å². The molecule has 0 amide bonds. The van der Waals surface area contributed by atoms with Crippen molar-refractivity contribution in [1.82, 2.24) is 0 Å². The number of hydrogen-bond donors (Lipinski definition) is 1. The van der Waals surface area contributed by atoms with Gasteiger partial charge in [0.2, 0.25) is 0 Å². The smallest absolute Gasteiger partial charge is 0.252 e. The zero-order valence-electron chi connectivity index (χ0n) is 6.77. The third-order valence-corrected chi connectivity index (χ3v) is 6.64. The molecule has 0 aliphatic carbocycles. The van der Waals surface area contributed by atoms with E-state index in [1.165, 1.54) is 0 Å². The first-order valence-electron chi connectivity index (χ1n) is 3.32. The summed E-state index contributed by atoms with van der Waals surface area (Å²) in [6.45, 7) is 6.43. The van der Waals surface area contributed by atoms with Crippen molar-refractivity contribution >= 4 is 19.0 Å². The highest BCUT2D eigenvalue weighted by Crippen LogP contribution is 2.10. The van der Waals surface area contributed by atoms with Gasteiger partial charge in [-0.1, -0.05) is 13.8 Å². The Hall–Kier alpha value is 0.354. The summed E-state index contributed by atoms with van der Waals surface area (Å²) in [6, 6.07) is 1.08. The summed E-state index contributed by atoms with van der Waals surface area (Å²) in [5.74, 6) is 0.681. The standard InChI is InChI=1S/C5H17NOSi2/c1-5(2)4-9(3,6)7-8/h5H,4,6H2,1-3,8H3. The molecule has 0 aromatic carbocycles. The Bertz CT molecular complexity index is 85.0. The van der Waals surface area contributed by atoms with Gasteiger partial charge in [0, 0.05) is 0 Å². The molecular weight excluding hydrogens is 146 g/mol. The minimum atomic E-state index is -1.68. The van der Waals surface area contributed by atoms with Crippen LogP contribution in [-0.4, -0.2) is 19.0 Å². The maximum absolute atomic E-state index is 5.87. The van der Waals surface area contributed by atoms with Crippen molar-refractivity contribution in [1.29, 1.82) is 0 Å². The van der Waals surface area contributed by atoms with Gasteiger partial charge in [-0.15, -0.1) is 0 Å². The van der Waals surface area contributed by atoms with Gasteiger partial charge in [-0.3, -0.25) is 0 Å². The van der Waals surface area contributed by atoms with E-state index in [-0.39, 0.29) is 0 Å². The maximum atomic E-state index is 5.87. The molecule has 4 heteroatoms. The Morgan fingerprint density at radius 2 is 2.11 bits per heavy atom. The van der Waals surface area contributed by atoms with Crippen LogP contribution in [0.4, 0.5) is 0 Å². The maximum Gasteiger partial charge on any atom is 0.252 e. The molecule has 0 saturated heterocycles. The minimum absolute atomic E-state index is 0.681. The van der Waals surface area contributed by atoms with Gasteiger partial charge in [-0.05, 0) is 18.5 Å². The van der Waals surface area contributed by atoms with Gasteiger partial charge in [-0.2, -0.15) is 0 Å². The lowest BCUT2D eigenvalue weighted by Crippen LogP contribution is -2.46. The first-order valence-corrected chi connectivity index (χ1v) is 6.83. The first kappa shape index (κ1) is 9.35. The molecule has 0 aliphatic rings. The van der Waals surface area contributed by atoms with Crippen LogP contribution in [-0.2, 0) is 4.12 Å². The van der Waals surface area contributed by atoms with Crippen LogP contribution in [0.25, 0.3) is 0 Å². The zero-order chi connectivity index (χ0) is 7.49. The summed E-state index contributed by atoms with van der Waals surface area (Å²) in [4.78, 5) is 0. The molecule has 0 aromatic heterocycles. The molecule has 56 valence electrons. The molecule has 0 aliphatic heterocycles. The van der Waals surface area contributed by atoms with E-state index in [0.29, 0.717) is 5.92 Å². The predicted octanol–water partition coefficient (Wildman–Crippen LogP) is -0.0299. The van der Waals surface area contributed by atoms with Crippen molar-refractivity contribution in [3.63, 3.8) is 0 Å². The van der Waals surface area contributed by atoms with E-state index in [1.54, 1.807) is 0 Å². The van der Waals surface area contributed by atoms with E-state index < -0.39 is 8.48 Å². The Morgan fingerprint density at radius 3 is 2.22 bits per heavy atom. The van der Waals surface area contributed by atoms with Crippen LogP contribution in [0, 0.1) is 5.92 Å². The van der Waals surface area contributed by atoms with Gasteiger partial charge in [0.25, 0.3) is 8.48 Å². The summed E-state index contributed by atoms with van der Waals surface area (Å²) in [6.07, 6.45) is 0. The Kier molecular flexibility index (Phi) is 3.64. The fourth-order valence-electron chi connectivity index (χ4n) is 0.894. The highest BCUT2D eigenvalue weighted by atomic mass is 28.4. The molecule has 0 bridgehead atoms. The first-order chi connectivity index (χ1) is 3.98. The van der Waals surface area contributed by atoms with E-state index in [9.17, 15) is 0 Å². The molecule has 0 fully saturated rings. The van der Waals surface area contributed by atoms with Gasteiger partial charge in [0.05, 0.1) is 0 Å². The molecule has 0 heterocycles. The average Bonchev–Trinajstić information content (AvgIpc) is 1.63. The molecule has 0 saturated carbocycles. The monoisotopic (exact) mass is 163 g/mol. The molecule has 0 radical (unpaired) electrons. The number of nitrogens with two attached hydrogens (primary N) is 1. The lowest BCUT2D eigenvalue weighted by atomic mass is 10.3. The second-order valence-electron chi connectivity index (χ2n) is 3.11. The molecular formula is C5H17NOSi2. The van der Waals surface area contributed by atoms with Crippen LogP contribution >= 0.6 is 0 Å². The van der Waals surface area contributed by atoms with E-state index >= 15 is 0 Å². The fourth-order valence-corrected chi connectivity index (χ4v) is 3.18. The Balaban J connectivity index is 3.58. The van der Waals surface area contributed by atoms with Crippen LogP contribution in [0.2, 0.25) is 12.6 Å². The molecule has 2 N–H and O–H groups in total. The minimum Gasteiger partial charge on any atom is -0.453 e. The van der Waals surface area contributed by atoms with Crippen molar-refractivity contribution < 1.29 is 4.12 Å². The van der Waals surface area contributed by atoms with Gasteiger partial charge >= 0.3 is 0 Å². The van der Waals surface area contributed by atoms with Crippen LogP contribution in [0.5, 0.6) is 0 Å². The highest BCUT2D eigenvalue weighted by Gasteiger charge is 2.22. The molecule has 0 aromatic rings. The summed E-state index contributed by atoms with van der Waals surface area (Å²) in [5.41, 5.74) is 0. The molecule has 1 unspecified atom stereocenters. The largest absolute Gasteiger partial charge is 0.453 e. The lowest BCUT2D eigenvalue weighted by molar-refractivity contribution is 0.566. The molecule has 2 nitrogen and oxygen atoms in total. The summed E-state index contributed by atoms with van der Waals surface area (Å²) in [7, 11) is -0.889. The lowest BCUT2D eigenvalue weighted by Gasteiger charge is -2.21. The van der Waals surface area contributed by atoms with Crippen LogP contribution in [0.1, 0.15) is 13.8 Å². The molecule has 1 atom stereocenters. The summed E-state index contributed by atoms with van der Waals surface area (Å²) >= 11 is 0. The molecule has 0 spiro atoms. The highest BCUT2D eigenvalue weighted by molar-refractivity contribution is 6.71. The van der Waals surface area contributed by atoms with Gasteiger partial charge in [0.15, 0.2) is 0 Å². The van der Waals surface area contributed by atoms with Crippen molar-refractivity contribution in [3.8, 4) is 0 Å². The summed E-state index contributed by atoms with van der Waals surface area (Å²) < 4.78 is 5.30. The van der Waals surface area contributed by atoms with Crippen LogP contribution in [0.15, 0.2) is 0 Å². The van der Waals surface area contributed by atoms with Gasteiger partial charge < -0.3 is 9.51 Å². The van der Waals surface area contributed by atoms with Crippen molar-refractivity contribution in [2.24, 2.45) is 11.3 Å². The quantitative estimate of drug-likeness (QED) is 0.593. The van der Waals surface area contributed by atoms with Crippen molar-refractivity contribution in [2.75, 3.05) is 0 Å². The third kappa shape index (κ3) is 4.83. The van der Waals surface area contributed by atoms with E-state index in [4.69, 9.17) is 9.51 Å². The molecule has 0 rings (SSSR count). The van der Waals surface area contributed by atoms with Crippen LogP contribution in [0.3, 0.4) is 0 Å². The molecule has 9 heavy (non-hydrogen) atoms. The van der Waals surface area contributed by atoms with E-state index in [0.717, 1.165) is 16.5 Å². The topological polar surface area (TPSA) is 35.2 Å². The second kappa shape index (κ2) is 3.50. The Labute approximate surface area is 61.5 Å². The number of rotatable bonds is 3. The Morgan fingerprint density at radius 1 is 1.67 bits per heavy atom. The second-order valence-corrected chi connectivity index (χ2v) is 7.78. The number of hydrogen-bond acceptors (Lipinski definition) is 2. The zero-order valence-corrected chi connectivity index (χ0v) is 9.77. The van der Waals surface area contributed by atoms with E-state index in [1.807, 2.05) is 0 Å². The summed E-state index contributed by atoms with van der Waals surface area (Å²) in [5, 5.41) is 5.87. The fraction of sp³-hybridized carbons (Fsp3) is 1.00. The van der Waals surface area contributed by atoms with E-state index in [2.05, 4.69) is 20.4 Å². The average molecular weight is 163 g/mol.